The molecule has 0 bridgehead atoms. The first kappa shape index (κ1) is 17.9. The molecule has 0 fully saturated rings. The highest BCUT2D eigenvalue weighted by Gasteiger charge is 2.28. The Bertz CT molecular complexity index is 686. The van der Waals surface area contributed by atoms with E-state index in [-0.39, 0.29) is 23.8 Å². The van der Waals surface area contributed by atoms with Crippen molar-refractivity contribution in [2.24, 2.45) is 0 Å². The number of carbonyl (C=O) groups excluding carboxylic acids is 1. The van der Waals surface area contributed by atoms with Crippen LogP contribution in [0.4, 0.5) is 13.2 Å². The van der Waals surface area contributed by atoms with Gasteiger partial charge in [0.25, 0.3) is 5.91 Å². The third kappa shape index (κ3) is 5.60. The first-order chi connectivity index (χ1) is 10.7. The van der Waals surface area contributed by atoms with E-state index in [4.69, 9.17) is 23.2 Å². The molecule has 3 nitrogen and oxygen atoms in total. The van der Waals surface area contributed by atoms with Crippen molar-refractivity contribution in [3.8, 4) is 5.75 Å². The summed E-state index contributed by atoms with van der Waals surface area (Å²) in [6.45, 7) is -1.15. The lowest BCUT2D eigenvalue weighted by Crippen LogP contribution is -2.22. The Morgan fingerprint density at radius 3 is 2.39 bits per heavy atom. The third-order valence-corrected chi connectivity index (χ3v) is 4.17. The van der Waals surface area contributed by atoms with Gasteiger partial charge >= 0.3 is 6.18 Å². The lowest BCUT2D eigenvalue weighted by molar-refractivity contribution is -0.153. The summed E-state index contributed by atoms with van der Waals surface area (Å²) in [6.07, 6.45) is -4.38. The number of ether oxygens (including phenoxy) is 1. The fourth-order valence-corrected chi connectivity index (χ4v) is 3.10. The molecule has 1 amide bonds. The Kier molecular flexibility index (Phi) is 5.78. The average Bonchev–Trinajstić information content (AvgIpc) is 2.82. The van der Waals surface area contributed by atoms with Crippen molar-refractivity contribution in [1.82, 2.24) is 5.32 Å². The van der Waals surface area contributed by atoms with Crippen molar-refractivity contribution < 1.29 is 22.7 Å². The smallest absolute Gasteiger partial charge is 0.422 e. The second-order valence-electron chi connectivity index (χ2n) is 4.47. The van der Waals surface area contributed by atoms with Crippen LogP contribution in [0.15, 0.2) is 30.3 Å². The van der Waals surface area contributed by atoms with Crippen LogP contribution < -0.4 is 10.1 Å². The minimum atomic E-state index is -4.38. The van der Waals surface area contributed by atoms with Crippen LogP contribution in [0.1, 0.15) is 15.9 Å². The molecule has 0 aliphatic carbocycles. The van der Waals surface area contributed by atoms with Crippen LogP contribution in [-0.4, -0.2) is 18.7 Å². The number of amides is 1. The summed E-state index contributed by atoms with van der Waals surface area (Å²) in [7, 11) is 0. The number of nitrogens with one attached hydrogen (secondary N) is 1. The maximum atomic E-state index is 12.0. The van der Waals surface area contributed by atoms with Gasteiger partial charge in [0.2, 0.25) is 0 Å². The third-order valence-electron chi connectivity index (χ3n) is 2.68. The maximum absolute atomic E-state index is 12.0. The maximum Gasteiger partial charge on any atom is 0.422 e. The first-order valence-electron chi connectivity index (χ1n) is 6.26. The van der Waals surface area contributed by atoms with Gasteiger partial charge in [-0.25, -0.2) is 0 Å². The van der Waals surface area contributed by atoms with E-state index in [0.717, 1.165) is 11.3 Å². The van der Waals surface area contributed by atoms with Crippen molar-refractivity contribution in [1.29, 1.82) is 0 Å². The van der Waals surface area contributed by atoms with Crippen LogP contribution in [0.25, 0.3) is 0 Å². The molecule has 2 aromatic rings. The number of hydrogen-bond donors (Lipinski definition) is 1. The number of benzene rings is 1. The highest BCUT2D eigenvalue weighted by atomic mass is 35.5. The molecule has 1 N–H and O–H groups in total. The molecule has 1 heterocycles. The topological polar surface area (TPSA) is 38.3 Å². The van der Waals surface area contributed by atoms with E-state index >= 15 is 0 Å². The van der Waals surface area contributed by atoms with Gasteiger partial charge in [0.05, 0.1) is 9.90 Å². The Morgan fingerprint density at radius 1 is 1.22 bits per heavy atom. The van der Waals surface area contributed by atoms with Gasteiger partial charge in [-0.05, 0) is 23.8 Å². The summed E-state index contributed by atoms with van der Waals surface area (Å²) in [5.41, 5.74) is 0.988. The Morgan fingerprint density at radius 2 is 1.87 bits per heavy atom. The Hall–Kier alpha value is -1.44. The van der Waals surface area contributed by atoms with Gasteiger partial charge in [-0.2, -0.15) is 13.2 Å². The number of carbonyl (C=O) groups is 1. The van der Waals surface area contributed by atoms with E-state index in [9.17, 15) is 18.0 Å². The summed E-state index contributed by atoms with van der Waals surface area (Å²) in [6, 6.07) is 7.41. The molecular formula is C14H10Cl2F3NO2S. The quantitative estimate of drug-likeness (QED) is 0.794. The summed E-state index contributed by atoms with van der Waals surface area (Å²) in [5, 5.41) is 2.65. The van der Waals surface area contributed by atoms with Gasteiger partial charge < -0.3 is 10.1 Å². The molecule has 1 aromatic heterocycles. The van der Waals surface area contributed by atoms with E-state index in [2.05, 4.69) is 10.1 Å². The predicted octanol–water partition coefficient (Wildman–Crippen LogP) is 4.93. The molecule has 124 valence electrons. The zero-order valence-corrected chi connectivity index (χ0v) is 13.7. The van der Waals surface area contributed by atoms with E-state index in [1.54, 1.807) is 12.1 Å². The average molecular weight is 384 g/mol. The molecule has 0 radical (unpaired) electrons. The molecule has 0 unspecified atom stereocenters. The largest absolute Gasteiger partial charge is 0.484 e. The van der Waals surface area contributed by atoms with Crippen LogP contribution in [0.3, 0.4) is 0 Å². The standard InChI is InChI=1S/C14H10Cl2F3NO2S/c15-11-5-10(12(16)23-11)13(21)20-6-8-1-3-9(4-2-8)22-7-14(17,18)19/h1-5H,6-7H2,(H,20,21). The highest BCUT2D eigenvalue weighted by molar-refractivity contribution is 7.20. The lowest BCUT2D eigenvalue weighted by Gasteiger charge is -2.10. The normalized spacial score (nSPS) is 11.3. The van der Waals surface area contributed by atoms with Crippen molar-refractivity contribution >= 4 is 40.4 Å². The van der Waals surface area contributed by atoms with Crippen molar-refractivity contribution in [2.75, 3.05) is 6.61 Å². The summed E-state index contributed by atoms with van der Waals surface area (Å²) >= 11 is 12.7. The van der Waals surface area contributed by atoms with Crippen LogP contribution in [0, 0.1) is 0 Å². The summed E-state index contributed by atoms with van der Waals surface area (Å²) < 4.78 is 41.4. The van der Waals surface area contributed by atoms with E-state index < -0.39 is 12.8 Å². The van der Waals surface area contributed by atoms with Gasteiger partial charge in [0.1, 0.15) is 10.1 Å². The molecule has 0 saturated heterocycles. The number of rotatable bonds is 5. The van der Waals surface area contributed by atoms with Crippen LogP contribution >= 0.6 is 34.5 Å². The van der Waals surface area contributed by atoms with Crippen LogP contribution in [0.2, 0.25) is 8.67 Å². The molecule has 1 aromatic carbocycles. The second kappa shape index (κ2) is 7.42. The number of halogens is 5. The van der Waals surface area contributed by atoms with Gasteiger partial charge in [0, 0.05) is 6.54 Å². The van der Waals surface area contributed by atoms with Crippen LogP contribution in [-0.2, 0) is 6.54 Å². The zero-order valence-electron chi connectivity index (χ0n) is 11.4. The minimum Gasteiger partial charge on any atom is -0.484 e. The van der Waals surface area contributed by atoms with Crippen LogP contribution in [0.5, 0.6) is 5.75 Å². The monoisotopic (exact) mass is 383 g/mol. The Balaban J connectivity index is 1.89. The SMILES string of the molecule is O=C(NCc1ccc(OCC(F)(F)F)cc1)c1cc(Cl)sc1Cl. The van der Waals surface area contributed by atoms with Crippen molar-refractivity contribution in [3.05, 3.63) is 50.1 Å². The minimum absolute atomic E-state index is 0.102. The molecule has 0 saturated carbocycles. The fraction of sp³-hybridized carbons (Fsp3) is 0.214. The number of thiophene rings is 1. The first-order valence-corrected chi connectivity index (χ1v) is 7.83. The zero-order chi connectivity index (χ0) is 17.0. The highest BCUT2D eigenvalue weighted by Crippen LogP contribution is 2.31. The van der Waals surface area contributed by atoms with Gasteiger partial charge in [0.15, 0.2) is 6.61 Å². The van der Waals surface area contributed by atoms with Gasteiger partial charge in [-0.3, -0.25) is 4.79 Å². The molecule has 0 atom stereocenters. The van der Waals surface area contributed by atoms with E-state index in [1.807, 2.05) is 0 Å². The summed E-state index contributed by atoms with van der Waals surface area (Å²) in [5.74, 6) is -0.277. The number of hydrogen-bond acceptors (Lipinski definition) is 3. The molecule has 0 aliphatic heterocycles. The lowest BCUT2D eigenvalue weighted by atomic mass is 10.2. The molecule has 2 rings (SSSR count). The Labute approximate surface area is 144 Å². The molecule has 9 heteroatoms. The van der Waals surface area contributed by atoms with E-state index in [1.165, 1.54) is 18.2 Å². The molecule has 0 aliphatic rings. The molecule has 23 heavy (non-hydrogen) atoms. The van der Waals surface area contributed by atoms with Crippen molar-refractivity contribution in [3.63, 3.8) is 0 Å². The molecule has 0 spiro atoms. The predicted molar refractivity (Wildman–Crippen MR) is 83.5 cm³/mol. The van der Waals surface area contributed by atoms with Crippen molar-refractivity contribution in [2.45, 2.75) is 12.7 Å². The summed E-state index contributed by atoms with van der Waals surface area (Å²) in [4.78, 5) is 11.9. The van der Waals surface area contributed by atoms with E-state index in [0.29, 0.717) is 14.2 Å². The van der Waals surface area contributed by atoms with Gasteiger partial charge in [-0.1, -0.05) is 35.3 Å². The fourth-order valence-electron chi connectivity index (χ4n) is 1.64. The molecular weight excluding hydrogens is 374 g/mol. The van der Waals surface area contributed by atoms with Gasteiger partial charge in [-0.15, -0.1) is 11.3 Å². The second-order valence-corrected chi connectivity index (χ2v) is 6.75. The number of alkyl halides is 3.